The van der Waals surface area contributed by atoms with Crippen LogP contribution in [0.5, 0.6) is 0 Å². The zero-order valence-corrected chi connectivity index (χ0v) is 16.8. The quantitative estimate of drug-likeness (QED) is 0.598. The summed E-state index contributed by atoms with van der Waals surface area (Å²) in [4.78, 5) is 17.3. The lowest BCUT2D eigenvalue weighted by molar-refractivity contribution is -0.168. The van der Waals surface area contributed by atoms with Gasteiger partial charge in [0.05, 0.1) is 6.17 Å². The summed E-state index contributed by atoms with van der Waals surface area (Å²) in [5.41, 5.74) is 0. The number of nitrogens with one attached hydrogen (secondary N) is 1. The van der Waals surface area contributed by atoms with E-state index in [1.54, 1.807) is 0 Å². The van der Waals surface area contributed by atoms with Gasteiger partial charge in [0.2, 0.25) is 0 Å². The van der Waals surface area contributed by atoms with Crippen molar-refractivity contribution >= 4 is 17.6 Å². The van der Waals surface area contributed by atoms with Crippen molar-refractivity contribution in [1.82, 2.24) is 15.1 Å². The number of esters is 1. The van der Waals surface area contributed by atoms with Crippen LogP contribution < -0.4 is 5.32 Å². The van der Waals surface area contributed by atoms with Crippen LogP contribution in [0.25, 0.3) is 0 Å². The Morgan fingerprint density at radius 3 is 2.73 bits per heavy atom. The molecule has 6 atom stereocenters. The van der Waals surface area contributed by atoms with Crippen molar-refractivity contribution in [3.8, 4) is 0 Å². The Morgan fingerprint density at radius 2 is 2.00 bits per heavy atom. The molecule has 1 saturated carbocycles. The van der Waals surface area contributed by atoms with Crippen molar-refractivity contribution in [3.05, 3.63) is 0 Å². The molecule has 0 aromatic heterocycles. The first kappa shape index (κ1) is 19.0. The average Bonchev–Trinajstić information content (AvgIpc) is 2.65. The van der Waals surface area contributed by atoms with Crippen molar-refractivity contribution in [2.45, 2.75) is 63.1 Å². The molecule has 4 fully saturated rings. The smallest absolute Gasteiger partial charge is 0.306 e. The predicted octanol–water partition coefficient (Wildman–Crippen LogP) is 2.29. The summed E-state index contributed by atoms with van der Waals surface area (Å²) in [7, 11) is 0. The summed E-state index contributed by atoms with van der Waals surface area (Å²) >= 11 is 6.57. The van der Waals surface area contributed by atoms with Crippen LogP contribution in [0.3, 0.4) is 0 Å². The van der Waals surface area contributed by atoms with Gasteiger partial charge in [0, 0.05) is 50.4 Å². The number of carbonyl (C=O) groups excluding carboxylic acids is 1. The monoisotopic (exact) mass is 383 g/mol. The van der Waals surface area contributed by atoms with Gasteiger partial charge in [0.1, 0.15) is 6.10 Å². The molecule has 3 aliphatic heterocycles. The van der Waals surface area contributed by atoms with E-state index in [2.05, 4.69) is 22.0 Å². The van der Waals surface area contributed by atoms with Gasteiger partial charge < -0.3 is 15.0 Å². The Balaban J connectivity index is 1.31. The molecule has 0 radical (unpaired) electrons. The number of nitrogens with zero attached hydrogens (tertiary/aromatic N) is 2. The van der Waals surface area contributed by atoms with E-state index in [0.717, 1.165) is 52.1 Å². The second-order valence-corrected chi connectivity index (χ2v) is 9.48. The lowest BCUT2D eigenvalue weighted by Crippen LogP contribution is -2.57. The van der Waals surface area contributed by atoms with E-state index in [0.29, 0.717) is 30.3 Å². The van der Waals surface area contributed by atoms with Gasteiger partial charge in [-0.2, -0.15) is 0 Å². The van der Waals surface area contributed by atoms with E-state index in [9.17, 15) is 4.79 Å². The van der Waals surface area contributed by atoms with E-state index < -0.39 is 0 Å². The fourth-order valence-electron chi connectivity index (χ4n) is 5.48. The molecule has 4 rings (SSSR count). The topological polar surface area (TPSA) is 44.8 Å². The minimum atomic E-state index is 0.00140. The number of piperidine rings is 1. The Hall–Kier alpha value is -0.360. The highest BCUT2D eigenvalue weighted by Crippen LogP contribution is 2.42. The fraction of sp³-hybridized carbons (Fsp3) is 0.950. The fourth-order valence-corrected chi connectivity index (χ4v) is 5.79. The first-order valence-electron chi connectivity index (χ1n) is 10.6. The zero-order valence-electron chi connectivity index (χ0n) is 16.0. The normalized spacial score (nSPS) is 42.9. The lowest BCUT2D eigenvalue weighted by atomic mass is 9.71. The lowest BCUT2D eigenvalue weighted by Gasteiger charge is -2.47. The molecule has 3 saturated heterocycles. The first-order chi connectivity index (χ1) is 12.6. The molecule has 6 heteroatoms. The molecule has 1 aliphatic carbocycles. The summed E-state index contributed by atoms with van der Waals surface area (Å²) < 4.78 is 5.69. The molecule has 0 aromatic carbocycles. The average molecular weight is 384 g/mol. The van der Waals surface area contributed by atoms with Crippen LogP contribution in [0.4, 0.5) is 0 Å². The number of rotatable bonds is 3. The van der Waals surface area contributed by atoms with E-state index in [1.165, 1.54) is 19.3 Å². The molecule has 5 nitrogen and oxygen atoms in total. The van der Waals surface area contributed by atoms with Crippen LogP contribution in [0.1, 0.15) is 45.4 Å². The summed E-state index contributed by atoms with van der Waals surface area (Å²) in [6.45, 7) is 8.88. The summed E-state index contributed by atoms with van der Waals surface area (Å²) in [6, 6.07) is 0. The highest BCUT2D eigenvalue weighted by atomic mass is 35.5. The van der Waals surface area contributed by atoms with Gasteiger partial charge >= 0.3 is 5.97 Å². The van der Waals surface area contributed by atoms with Crippen LogP contribution in [-0.4, -0.2) is 72.7 Å². The molecule has 4 aliphatic rings. The third-order valence-electron chi connectivity index (χ3n) is 7.14. The number of carbonyl (C=O) groups is 1. The molecule has 6 unspecified atom stereocenters. The van der Waals surface area contributed by atoms with E-state index in [1.807, 2.05) is 0 Å². The Labute approximate surface area is 162 Å². The molecule has 1 N–H and O–H groups in total. The number of fused-ring (bicyclic) bond motifs is 1. The molecule has 26 heavy (non-hydrogen) atoms. The second kappa shape index (κ2) is 8.34. The van der Waals surface area contributed by atoms with Crippen molar-refractivity contribution in [3.63, 3.8) is 0 Å². The Kier molecular flexibility index (Phi) is 6.09. The molecule has 0 aromatic rings. The number of hydrogen-bond acceptors (Lipinski definition) is 5. The third kappa shape index (κ3) is 4.21. The maximum Gasteiger partial charge on any atom is 0.306 e. The van der Waals surface area contributed by atoms with Gasteiger partial charge in [-0.1, -0.05) is 6.92 Å². The molecule has 3 heterocycles. The number of ether oxygens (including phenoxy) is 1. The van der Waals surface area contributed by atoms with Crippen LogP contribution in [0.2, 0.25) is 0 Å². The standard InChI is InChI=1S/C20H34ClN3O2/c1-14-10-18-16(12-17(14)21)15(11-20(25)26-18)13-23-6-8-24(9-7-23)19-4-2-3-5-22-19/h14-19,22H,2-13H2,1H3. The van der Waals surface area contributed by atoms with E-state index >= 15 is 0 Å². The van der Waals surface area contributed by atoms with Crippen LogP contribution >= 0.6 is 11.6 Å². The second-order valence-electron chi connectivity index (χ2n) is 8.92. The Bertz CT molecular complexity index is 491. The molecular weight excluding hydrogens is 350 g/mol. The van der Waals surface area contributed by atoms with Gasteiger partial charge in [-0.05, 0) is 50.5 Å². The number of hydrogen-bond donors (Lipinski definition) is 1. The van der Waals surface area contributed by atoms with Gasteiger partial charge in [-0.15, -0.1) is 11.6 Å². The first-order valence-corrected chi connectivity index (χ1v) is 11.1. The van der Waals surface area contributed by atoms with Crippen LogP contribution in [0.15, 0.2) is 0 Å². The van der Waals surface area contributed by atoms with Gasteiger partial charge in [-0.25, -0.2) is 0 Å². The highest BCUT2D eigenvalue weighted by molar-refractivity contribution is 6.20. The number of halogens is 1. The van der Waals surface area contributed by atoms with E-state index in [4.69, 9.17) is 16.3 Å². The molecule has 0 amide bonds. The minimum Gasteiger partial charge on any atom is -0.462 e. The van der Waals surface area contributed by atoms with Gasteiger partial charge in [0.25, 0.3) is 0 Å². The van der Waals surface area contributed by atoms with Gasteiger partial charge in [0.15, 0.2) is 0 Å². The van der Waals surface area contributed by atoms with Crippen LogP contribution in [0, 0.1) is 17.8 Å². The van der Waals surface area contributed by atoms with E-state index in [-0.39, 0.29) is 17.5 Å². The van der Waals surface area contributed by atoms with Crippen LogP contribution in [-0.2, 0) is 9.53 Å². The maximum atomic E-state index is 12.1. The zero-order chi connectivity index (χ0) is 18.1. The molecule has 0 bridgehead atoms. The van der Waals surface area contributed by atoms with Gasteiger partial charge in [-0.3, -0.25) is 9.69 Å². The summed E-state index contributed by atoms with van der Waals surface area (Å²) in [6.07, 6.45) is 7.13. The third-order valence-corrected chi connectivity index (χ3v) is 7.75. The van der Waals surface area contributed by atoms with Crippen molar-refractivity contribution < 1.29 is 9.53 Å². The number of alkyl halides is 1. The number of piperazine rings is 1. The van der Waals surface area contributed by atoms with Crippen molar-refractivity contribution in [2.75, 3.05) is 39.3 Å². The van der Waals surface area contributed by atoms with Crippen molar-refractivity contribution in [2.24, 2.45) is 17.8 Å². The predicted molar refractivity (Wildman–Crippen MR) is 103 cm³/mol. The minimum absolute atomic E-state index is 0.00140. The summed E-state index contributed by atoms with van der Waals surface area (Å²) in [5, 5.41) is 3.90. The summed E-state index contributed by atoms with van der Waals surface area (Å²) in [5.74, 6) is 1.30. The van der Waals surface area contributed by atoms with Crippen molar-refractivity contribution in [1.29, 1.82) is 0 Å². The highest BCUT2D eigenvalue weighted by Gasteiger charge is 2.45. The maximum absolute atomic E-state index is 12.1. The molecule has 148 valence electrons. The SMILES string of the molecule is CC1CC2OC(=O)CC(CN3CCN(C4CCCCN4)CC3)C2CC1Cl. The largest absolute Gasteiger partial charge is 0.462 e. The molecule has 0 spiro atoms. The Morgan fingerprint density at radius 1 is 1.19 bits per heavy atom. The molecular formula is C20H34ClN3O2.